The van der Waals surface area contributed by atoms with Gasteiger partial charge in [-0.25, -0.2) is 9.36 Å². The van der Waals surface area contributed by atoms with E-state index in [1.807, 2.05) is 30.3 Å². The van der Waals surface area contributed by atoms with E-state index >= 15 is 0 Å². The third-order valence-corrected chi connectivity index (χ3v) is 3.53. The van der Waals surface area contributed by atoms with Gasteiger partial charge in [-0.2, -0.15) is 0 Å². The number of aromatic nitrogens is 2. The van der Waals surface area contributed by atoms with Gasteiger partial charge in [0.2, 0.25) is 12.1 Å². The first-order chi connectivity index (χ1) is 12.0. The Balaban J connectivity index is 2.30. The zero-order valence-electron chi connectivity index (χ0n) is 12.9. The molecule has 0 aliphatic rings. The molecule has 2 aromatic carbocycles. The van der Waals surface area contributed by atoms with Crippen molar-refractivity contribution < 1.29 is 10.2 Å². The number of guanidine groups is 1. The maximum absolute atomic E-state index is 12.3. The number of fused-ring (bicyclic) bond motifs is 1. The number of nitrogens with zero attached hydrogens (tertiary/aromatic N) is 2. The Kier molecular flexibility index (Phi) is 4.04. The number of hydrazone groups is 1. The van der Waals surface area contributed by atoms with E-state index in [2.05, 4.69) is 15.2 Å². The molecule has 0 radical (unpaired) electrons. The summed E-state index contributed by atoms with van der Waals surface area (Å²) < 4.78 is 1.01. The molecule has 9 nitrogen and oxygen atoms in total. The molecular formula is C16H15N6O3+. The minimum absolute atomic E-state index is 0.197. The van der Waals surface area contributed by atoms with Crippen molar-refractivity contribution in [3.63, 3.8) is 0 Å². The average molecular weight is 339 g/mol. The van der Waals surface area contributed by atoms with Crippen LogP contribution in [0.5, 0.6) is 5.88 Å². The molecular weight excluding hydrogens is 324 g/mol. The Morgan fingerprint density at radius 3 is 2.64 bits per heavy atom. The van der Waals surface area contributed by atoms with Gasteiger partial charge in [0.25, 0.3) is 11.5 Å². The maximum Gasteiger partial charge on any atom is 0.335 e. The van der Waals surface area contributed by atoms with Crippen LogP contribution in [0.25, 0.3) is 16.5 Å². The van der Waals surface area contributed by atoms with Crippen molar-refractivity contribution in [3.8, 4) is 11.6 Å². The first-order valence-corrected chi connectivity index (χ1v) is 7.23. The number of nitrogens with two attached hydrogens (primary N) is 2. The maximum atomic E-state index is 12.3. The van der Waals surface area contributed by atoms with E-state index in [-0.39, 0.29) is 11.5 Å². The lowest BCUT2D eigenvalue weighted by atomic mass is 10.1. The molecule has 9 heteroatoms. The largest absolute Gasteiger partial charge is 0.493 e. The van der Waals surface area contributed by atoms with Gasteiger partial charge in [-0.05, 0) is 11.5 Å². The Labute approximate surface area is 140 Å². The lowest BCUT2D eigenvalue weighted by Crippen LogP contribution is -2.64. The predicted molar refractivity (Wildman–Crippen MR) is 93.8 cm³/mol. The average Bonchev–Trinajstić information content (AvgIpc) is 2.57. The van der Waals surface area contributed by atoms with Crippen molar-refractivity contribution in [1.29, 1.82) is 0 Å². The van der Waals surface area contributed by atoms with Crippen molar-refractivity contribution >= 4 is 22.9 Å². The highest BCUT2D eigenvalue weighted by atomic mass is 16.3. The molecule has 0 fully saturated rings. The van der Waals surface area contributed by atoms with E-state index < -0.39 is 17.1 Å². The van der Waals surface area contributed by atoms with Gasteiger partial charge < -0.3 is 16.6 Å². The SMILES string of the molecule is NC(N)=N/[NH+]=C/c1c(O)n(-c2cccc3ccccc23)c(=O)[nH]c1=O. The number of hydrogen-bond acceptors (Lipinski definition) is 4. The Morgan fingerprint density at radius 2 is 1.88 bits per heavy atom. The Bertz CT molecular complexity index is 1120. The normalized spacial score (nSPS) is 11.0. The molecule has 0 atom stereocenters. The third kappa shape index (κ3) is 2.98. The Morgan fingerprint density at radius 1 is 1.16 bits per heavy atom. The minimum Gasteiger partial charge on any atom is -0.493 e. The number of hydrogen-bond donors (Lipinski definition) is 5. The van der Waals surface area contributed by atoms with Crippen LogP contribution >= 0.6 is 0 Å². The summed E-state index contributed by atoms with van der Waals surface area (Å²) in [6.07, 6.45) is 1.09. The molecule has 25 heavy (non-hydrogen) atoms. The van der Waals surface area contributed by atoms with E-state index in [9.17, 15) is 14.7 Å². The number of H-pyrrole nitrogens is 1. The number of rotatable bonds is 3. The second kappa shape index (κ2) is 6.32. The summed E-state index contributed by atoms with van der Waals surface area (Å²) in [4.78, 5) is 26.4. The number of aromatic amines is 1. The van der Waals surface area contributed by atoms with Gasteiger partial charge in [-0.1, -0.05) is 36.4 Å². The molecule has 0 spiro atoms. The standard InChI is InChI=1S/C16H14N6O3/c17-15(18)21-19-8-11-13(23)20-16(25)22(14(11)24)12-7-3-5-9-4-1-2-6-10(9)12/h1-8,24H,(H4,17,18,21)(H,20,23,25)/p+1/b19-8+. The van der Waals surface area contributed by atoms with E-state index in [1.165, 1.54) is 0 Å². The summed E-state index contributed by atoms with van der Waals surface area (Å²) in [7, 11) is 0. The van der Waals surface area contributed by atoms with Crippen molar-refractivity contribution in [3.05, 3.63) is 68.9 Å². The van der Waals surface area contributed by atoms with Crippen LogP contribution in [-0.4, -0.2) is 26.8 Å². The topological polar surface area (TPSA) is 153 Å². The first kappa shape index (κ1) is 16.0. The summed E-state index contributed by atoms with van der Waals surface area (Å²) in [5.41, 5.74) is 9.04. The van der Waals surface area contributed by atoms with Crippen molar-refractivity contribution in [2.45, 2.75) is 0 Å². The summed E-state index contributed by atoms with van der Waals surface area (Å²) in [6, 6.07) is 12.6. The second-order valence-corrected chi connectivity index (χ2v) is 5.14. The monoisotopic (exact) mass is 339 g/mol. The molecule has 0 amide bonds. The number of aromatic hydroxyl groups is 1. The van der Waals surface area contributed by atoms with Gasteiger partial charge >= 0.3 is 5.69 Å². The van der Waals surface area contributed by atoms with Gasteiger partial charge in [0.15, 0.2) is 5.56 Å². The molecule has 0 unspecified atom stereocenters. The second-order valence-electron chi connectivity index (χ2n) is 5.14. The summed E-state index contributed by atoms with van der Waals surface area (Å²) in [6.45, 7) is 0. The first-order valence-electron chi connectivity index (χ1n) is 7.23. The lowest BCUT2D eigenvalue weighted by Gasteiger charge is -2.11. The highest BCUT2D eigenvalue weighted by molar-refractivity contribution is 5.90. The fourth-order valence-electron chi connectivity index (χ4n) is 2.47. The quantitative estimate of drug-likeness (QED) is 0.214. The lowest BCUT2D eigenvalue weighted by molar-refractivity contribution is -0.456. The third-order valence-electron chi connectivity index (χ3n) is 3.53. The summed E-state index contributed by atoms with van der Waals surface area (Å²) >= 11 is 0. The van der Waals surface area contributed by atoms with Crippen molar-refractivity contribution in [1.82, 2.24) is 9.55 Å². The fraction of sp³-hybridized carbons (Fsp3) is 0. The predicted octanol–water partition coefficient (Wildman–Crippen LogP) is -1.93. The fourth-order valence-corrected chi connectivity index (χ4v) is 2.47. The van der Waals surface area contributed by atoms with Crippen LogP contribution in [-0.2, 0) is 0 Å². The van der Waals surface area contributed by atoms with Crippen LogP contribution in [0.3, 0.4) is 0 Å². The van der Waals surface area contributed by atoms with Crippen molar-refractivity contribution in [2.24, 2.45) is 16.6 Å². The molecule has 1 heterocycles. The minimum atomic E-state index is -0.780. The van der Waals surface area contributed by atoms with Gasteiger partial charge in [0.1, 0.15) is 0 Å². The van der Waals surface area contributed by atoms with Crippen LogP contribution < -0.4 is 27.8 Å². The highest BCUT2D eigenvalue weighted by Crippen LogP contribution is 2.24. The smallest absolute Gasteiger partial charge is 0.335 e. The van der Waals surface area contributed by atoms with E-state index in [1.54, 1.807) is 12.1 Å². The van der Waals surface area contributed by atoms with E-state index in [0.29, 0.717) is 5.69 Å². The van der Waals surface area contributed by atoms with Crippen molar-refractivity contribution in [2.75, 3.05) is 0 Å². The van der Waals surface area contributed by atoms with Gasteiger partial charge in [-0.15, -0.1) is 5.10 Å². The van der Waals surface area contributed by atoms with Crippen LogP contribution in [0.4, 0.5) is 0 Å². The molecule has 0 aliphatic heterocycles. The van der Waals surface area contributed by atoms with Crippen LogP contribution in [0.2, 0.25) is 0 Å². The van der Waals surface area contributed by atoms with Gasteiger partial charge in [-0.3, -0.25) is 9.78 Å². The van der Waals surface area contributed by atoms with Crippen LogP contribution in [0, 0.1) is 0 Å². The van der Waals surface area contributed by atoms with Gasteiger partial charge in [0.05, 0.1) is 5.69 Å². The zero-order valence-corrected chi connectivity index (χ0v) is 12.9. The molecule has 0 aliphatic carbocycles. The van der Waals surface area contributed by atoms with E-state index in [0.717, 1.165) is 21.6 Å². The number of benzene rings is 2. The highest BCUT2D eigenvalue weighted by Gasteiger charge is 2.17. The molecule has 3 rings (SSSR count). The summed E-state index contributed by atoms with van der Waals surface area (Å²) in [5, 5.41) is 17.9. The van der Waals surface area contributed by atoms with Crippen LogP contribution in [0.15, 0.2) is 57.2 Å². The molecule has 0 bridgehead atoms. The van der Waals surface area contributed by atoms with Gasteiger partial charge in [0, 0.05) is 10.5 Å². The number of nitrogens with one attached hydrogen (secondary N) is 2. The molecule has 0 saturated heterocycles. The summed E-state index contributed by atoms with van der Waals surface area (Å²) in [5.74, 6) is -0.794. The molecule has 7 N–H and O–H groups in total. The van der Waals surface area contributed by atoms with E-state index in [4.69, 9.17) is 11.5 Å². The molecule has 3 aromatic rings. The zero-order chi connectivity index (χ0) is 18.0. The molecule has 1 aromatic heterocycles. The molecule has 0 saturated carbocycles. The molecule has 126 valence electrons. The Hall–Kier alpha value is -3.88. The van der Waals surface area contributed by atoms with Crippen LogP contribution in [0.1, 0.15) is 5.56 Å².